The molecule has 2 aromatic heterocycles. The monoisotopic (exact) mass is 598 g/mol. The fraction of sp³-hybridized carbons (Fsp3) is 0.444. The van der Waals surface area contributed by atoms with Crippen molar-refractivity contribution >= 4 is 33.7 Å². The predicted molar refractivity (Wildman–Crippen MR) is 173 cm³/mol. The number of aromatic amines is 2. The number of hydrogen-bond acceptors (Lipinski definition) is 6. The summed E-state index contributed by atoms with van der Waals surface area (Å²) in [6, 6.07) is 17.8. The number of hydrogen-bond donors (Lipinski definition) is 2. The number of carbonyl (C=O) groups is 2. The van der Waals surface area contributed by atoms with Gasteiger partial charge in [-0.1, -0.05) is 38.1 Å². The number of nitrogens with zero attached hydrogens (tertiary/aromatic N) is 2. The lowest BCUT2D eigenvalue weighted by atomic mass is 9.88. The molecule has 0 radical (unpaired) electrons. The van der Waals surface area contributed by atoms with Crippen LogP contribution >= 0.6 is 0 Å². The van der Waals surface area contributed by atoms with Gasteiger partial charge < -0.3 is 39.6 Å². The van der Waals surface area contributed by atoms with Gasteiger partial charge in [0.1, 0.15) is 0 Å². The number of aromatic nitrogens is 2. The van der Waals surface area contributed by atoms with Crippen molar-refractivity contribution in [2.75, 3.05) is 39.3 Å². The van der Waals surface area contributed by atoms with Gasteiger partial charge in [-0.3, -0.25) is 0 Å². The van der Waals surface area contributed by atoms with E-state index >= 15 is 0 Å². The Balaban J connectivity index is 0.000000163. The van der Waals surface area contributed by atoms with Gasteiger partial charge in [-0.25, -0.2) is 0 Å². The van der Waals surface area contributed by atoms with E-state index < -0.39 is 11.9 Å². The first kappa shape index (κ1) is 33.0. The number of H-pyrrole nitrogens is 2. The van der Waals surface area contributed by atoms with Crippen LogP contribution in [0, 0.1) is 0 Å². The average Bonchev–Trinajstić information content (AvgIpc) is 3.71. The minimum absolute atomic E-state index is 0.384. The van der Waals surface area contributed by atoms with Crippen molar-refractivity contribution in [3.05, 3.63) is 84.2 Å². The number of nitrogens with one attached hydrogen (secondary N) is 2. The second-order valence-electron chi connectivity index (χ2n) is 11.8. The fourth-order valence-electron chi connectivity index (χ4n) is 6.72. The molecule has 8 heteroatoms. The molecule has 0 saturated carbocycles. The molecule has 2 saturated heterocycles. The number of carbonyl (C=O) groups excluding carboxylic acids is 2. The Kier molecular flexibility index (Phi) is 12.6. The minimum Gasteiger partial charge on any atom is -0.545 e. The molecule has 0 bridgehead atoms. The first-order valence-corrected chi connectivity index (χ1v) is 16.1. The van der Waals surface area contributed by atoms with E-state index in [0.717, 1.165) is 0 Å². The van der Waals surface area contributed by atoms with Crippen molar-refractivity contribution in [1.29, 1.82) is 0 Å². The maximum atomic E-state index is 9.41. The summed E-state index contributed by atoms with van der Waals surface area (Å²) in [6.07, 6.45) is 12.8. The number of rotatable bonds is 8. The Hall–Kier alpha value is -3.88. The van der Waals surface area contributed by atoms with Crippen molar-refractivity contribution in [2.45, 2.75) is 64.2 Å². The molecular formula is C36H46N4O4-2. The molecule has 0 spiro atoms. The Labute approximate surface area is 260 Å². The van der Waals surface area contributed by atoms with Gasteiger partial charge in [-0.05, 0) is 124 Å². The van der Waals surface area contributed by atoms with Crippen molar-refractivity contribution in [3.63, 3.8) is 0 Å². The molecule has 2 N–H and O–H groups in total. The van der Waals surface area contributed by atoms with Crippen LogP contribution in [0.2, 0.25) is 0 Å². The van der Waals surface area contributed by atoms with Gasteiger partial charge in [0.25, 0.3) is 0 Å². The molecular weight excluding hydrogens is 552 g/mol. The molecule has 4 aromatic rings. The lowest BCUT2D eigenvalue weighted by Crippen LogP contribution is -2.34. The number of benzene rings is 2. The van der Waals surface area contributed by atoms with Crippen molar-refractivity contribution in [2.24, 2.45) is 0 Å². The summed E-state index contributed by atoms with van der Waals surface area (Å²) in [5, 5.41) is 21.7. The largest absolute Gasteiger partial charge is 0.545 e. The van der Waals surface area contributed by atoms with Crippen LogP contribution in [0.1, 0.15) is 75.3 Å². The summed E-state index contributed by atoms with van der Waals surface area (Å²) in [5.41, 5.74) is 5.63. The number of fused-ring (bicyclic) bond motifs is 2. The van der Waals surface area contributed by atoms with Gasteiger partial charge >= 0.3 is 0 Å². The smallest absolute Gasteiger partial charge is 0.0643 e. The van der Waals surface area contributed by atoms with Crippen LogP contribution in [0.4, 0.5) is 0 Å². The third kappa shape index (κ3) is 9.31. The molecule has 2 aliphatic rings. The maximum absolute atomic E-state index is 9.41. The van der Waals surface area contributed by atoms with E-state index in [2.05, 4.69) is 94.5 Å². The normalized spacial score (nSPS) is 19.3. The summed E-state index contributed by atoms with van der Waals surface area (Å²) in [4.78, 5) is 30.7. The number of aliphatic carboxylic acids is 2. The standard InChI is InChI=1S/2C16H22N2.C4H4O4/c2*1-2-10-18-11-4-5-13(12-18)14-6-3-7-16-15(14)8-9-17-16;5-3(6)1-2-4(7)8/h2*3,6-9,13,17H,2,4-5,10-12H2,1H3;1-2H,(H,5,6)(H,7,8)/p-2/b;;2-1+. The highest BCUT2D eigenvalue weighted by Crippen LogP contribution is 2.33. The molecule has 0 aliphatic carbocycles. The third-order valence-electron chi connectivity index (χ3n) is 8.58. The number of carboxylic acids is 2. The quantitative estimate of drug-likeness (QED) is 0.287. The second kappa shape index (κ2) is 16.8. The summed E-state index contributed by atoms with van der Waals surface area (Å²) in [5.74, 6) is -1.67. The zero-order valence-corrected chi connectivity index (χ0v) is 26.1. The molecule has 2 aliphatic heterocycles. The first-order valence-electron chi connectivity index (χ1n) is 16.1. The van der Waals surface area contributed by atoms with Gasteiger partial charge in [-0.2, -0.15) is 0 Å². The van der Waals surface area contributed by atoms with Crippen LogP contribution in [-0.4, -0.2) is 71.0 Å². The van der Waals surface area contributed by atoms with Crippen LogP contribution in [0.5, 0.6) is 0 Å². The van der Waals surface area contributed by atoms with Gasteiger partial charge in [0.15, 0.2) is 0 Å². The predicted octanol–water partition coefficient (Wildman–Crippen LogP) is 4.56. The fourth-order valence-corrected chi connectivity index (χ4v) is 6.72. The van der Waals surface area contributed by atoms with Crippen molar-refractivity contribution in [1.82, 2.24) is 19.8 Å². The Morgan fingerprint density at radius 1 is 0.727 bits per heavy atom. The summed E-state index contributed by atoms with van der Waals surface area (Å²) in [6.45, 7) is 12.1. The van der Waals surface area contributed by atoms with Crippen LogP contribution in [0.15, 0.2) is 73.1 Å². The minimum atomic E-state index is -1.55. The highest BCUT2D eigenvalue weighted by Gasteiger charge is 2.23. The molecule has 236 valence electrons. The van der Waals surface area contributed by atoms with E-state index in [-0.39, 0.29) is 0 Å². The van der Waals surface area contributed by atoms with E-state index in [0.29, 0.717) is 24.0 Å². The second-order valence-corrected chi connectivity index (χ2v) is 11.8. The Bertz CT molecular complexity index is 1390. The molecule has 2 aromatic carbocycles. The summed E-state index contributed by atoms with van der Waals surface area (Å²) in [7, 11) is 0. The zero-order chi connectivity index (χ0) is 31.3. The van der Waals surface area contributed by atoms with Crippen molar-refractivity contribution in [3.8, 4) is 0 Å². The average molecular weight is 599 g/mol. The summed E-state index contributed by atoms with van der Waals surface area (Å²) < 4.78 is 0. The van der Waals surface area contributed by atoms with E-state index in [1.54, 1.807) is 0 Å². The topological polar surface area (TPSA) is 118 Å². The molecule has 2 fully saturated rings. The van der Waals surface area contributed by atoms with Gasteiger partial charge in [0, 0.05) is 47.3 Å². The van der Waals surface area contributed by atoms with Gasteiger partial charge in [0.2, 0.25) is 0 Å². The van der Waals surface area contributed by atoms with Crippen LogP contribution in [-0.2, 0) is 9.59 Å². The Morgan fingerprint density at radius 2 is 1.16 bits per heavy atom. The molecule has 6 rings (SSSR count). The molecule has 2 atom stereocenters. The summed E-state index contributed by atoms with van der Waals surface area (Å²) >= 11 is 0. The van der Waals surface area contributed by atoms with Gasteiger partial charge in [-0.15, -0.1) is 0 Å². The SMILES string of the molecule is CCCN1CCCC(c2cccc3[nH]ccc23)C1.CCCN1CCCC(c2cccc3[nH]ccc23)C1.O=C([O-])/C=C/C(=O)[O-]. The zero-order valence-electron chi connectivity index (χ0n) is 26.1. The highest BCUT2D eigenvalue weighted by atomic mass is 16.4. The molecule has 4 heterocycles. The van der Waals surface area contributed by atoms with Crippen LogP contribution in [0.3, 0.4) is 0 Å². The lowest BCUT2D eigenvalue weighted by Gasteiger charge is -2.33. The van der Waals surface area contributed by atoms with E-state index in [1.165, 1.54) is 111 Å². The van der Waals surface area contributed by atoms with Crippen LogP contribution < -0.4 is 10.2 Å². The maximum Gasteiger partial charge on any atom is 0.0643 e. The third-order valence-corrected chi connectivity index (χ3v) is 8.58. The lowest BCUT2D eigenvalue weighted by molar-refractivity contribution is -0.301. The van der Waals surface area contributed by atoms with E-state index in [1.807, 2.05) is 0 Å². The Morgan fingerprint density at radius 3 is 1.55 bits per heavy atom. The van der Waals surface area contributed by atoms with E-state index in [4.69, 9.17) is 0 Å². The molecule has 8 nitrogen and oxygen atoms in total. The number of likely N-dealkylation sites (tertiary alicyclic amines) is 2. The molecule has 0 amide bonds. The van der Waals surface area contributed by atoms with Crippen molar-refractivity contribution < 1.29 is 19.8 Å². The first-order chi connectivity index (χ1) is 21.4. The highest BCUT2D eigenvalue weighted by molar-refractivity contribution is 5.87. The number of piperidine rings is 2. The molecule has 44 heavy (non-hydrogen) atoms. The van der Waals surface area contributed by atoms with Gasteiger partial charge in [0.05, 0.1) is 11.9 Å². The molecule has 2 unspecified atom stereocenters. The van der Waals surface area contributed by atoms with E-state index in [9.17, 15) is 19.8 Å². The van der Waals surface area contributed by atoms with Crippen LogP contribution in [0.25, 0.3) is 21.8 Å². The number of carboxylic acid groups (broad SMARTS) is 2.